The third-order valence-corrected chi connectivity index (χ3v) is 3.34. The molecule has 0 amide bonds. The maximum atomic E-state index is 12.0. The lowest BCUT2D eigenvalue weighted by molar-refractivity contribution is 0.605. The van der Waals surface area contributed by atoms with Crippen molar-refractivity contribution in [3.63, 3.8) is 0 Å². The summed E-state index contributed by atoms with van der Waals surface area (Å²) in [4.78, 5) is 27.5. The van der Waals surface area contributed by atoms with Crippen LogP contribution in [0, 0.1) is 0 Å². The van der Waals surface area contributed by atoms with Crippen molar-refractivity contribution < 1.29 is 0 Å². The fraction of sp³-hybridized carbons (Fsp3) is 0.583. The Bertz CT molecular complexity index is 592. The van der Waals surface area contributed by atoms with E-state index in [1.807, 2.05) is 13.8 Å². The van der Waals surface area contributed by atoms with Gasteiger partial charge < -0.3 is 16.0 Å². The van der Waals surface area contributed by atoms with Gasteiger partial charge in [-0.15, -0.1) is 0 Å². The average molecular weight is 299 g/mol. The Morgan fingerprint density at radius 3 is 2.65 bits per heavy atom. The molecule has 1 rings (SSSR count). The Balaban J connectivity index is 3.29. The van der Waals surface area contributed by atoms with Crippen molar-refractivity contribution in [1.82, 2.24) is 14.9 Å². The average Bonchev–Trinajstić information content (AvgIpc) is 2.38. The van der Waals surface area contributed by atoms with E-state index in [9.17, 15) is 9.59 Å². The Morgan fingerprint density at radius 1 is 1.45 bits per heavy atom. The summed E-state index contributed by atoms with van der Waals surface area (Å²) in [7, 11) is 1.64. The van der Waals surface area contributed by atoms with Crippen LogP contribution in [0.5, 0.6) is 0 Å². The molecule has 0 atom stereocenters. The quantitative estimate of drug-likeness (QED) is 0.675. The number of nitrogen functional groups attached to an aromatic ring is 1. The van der Waals surface area contributed by atoms with Crippen LogP contribution in [0.2, 0.25) is 0 Å². The molecule has 0 fully saturated rings. The number of nitrogens with zero attached hydrogens (tertiary/aromatic N) is 2. The number of hydrogen-bond acceptors (Lipinski definition) is 4. The number of anilines is 2. The van der Waals surface area contributed by atoms with Crippen LogP contribution >= 0.6 is 12.2 Å². The molecule has 0 saturated heterocycles. The van der Waals surface area contributed by atoms with Gasteiger partial charge in [-0.3, -0.25) is 14.3 Å². The highest BCUT2D eigenvalue weighted by molar-refractivity contribution is 7.80. The first-order chi connectivity index (χ1) is 9.43. The molecule has 0 aliphatic heterocycles. The van der Waals surface area contributed by atoms with E-state index in [0.29, 0.717) is 18.2 Å². The van der Waals surface area contributed by atoms with E-state index in [2.05, 4.69) is 10.3 Å². The van der Waals surface area contributed by atoms with Gasteiger partial charge in [0.15, 0.2) is 5.11 Å². The summed E-state index contributed by atoms with van der Waals surface area (Å²) in [5, 5.41) is 3.32. The van der Waals surface area contributed by atoms with Crippen LogP contribution in [0.3, 0.4) is 0 Å². The number of nitrogens with one attached hydrogen (secondary N) is 2. The lowest BCUT2D eigenvalue weighted by Gasteiger charge is -2.22. The maximum absolute atomic E-state index is 12.0. The Kier molecular flexibility index (Phi) is 5.75. The highest BCUT2D eigenvalue weighted by atomic mass is 32.1. The first-order valence-corrected chi connectivity index (χ1v) is 6.98. The normalized spacial score (nSPS) is 10.3. The Labute approximate surface area is 122 Å². The van der Waals surface area contributed by atoms with Gasteiger partial charge in [-0.25, -0.2) is 4.79 Å². The number of H-pyrrole nitrogens is 1. The molecule has 0 aliphatic rings. The topological polar surface area (TPSA) is 96.2 Å². The molecule has 0 aliphatic carbocycles. The third kappa shape index (κ3) is 3.38. The molecule has 1 aromatic rings. The van der Waals surface area contributed by atoms with Crippen molar-refractivity contribution in [2.24, 2.45) is 0 Å². The van der Waals surface area contributed by atoms with E-state index >= 15 is 0 Å². The molecule has 0 unspecified atom stereocenters. The van der Waals surface area contributed by atoms with E-state index in [0.717, 1.165) is 12.8 Å². The molecule has 1 heterocycles. The zero-order valence-corrected chi connectivity index (χ0v) is 12.8. The Hall–Kier alpha value is -1.83. The second-order valence-corrected chi connectivity index (χ2v) is 4.78. The maximum Gasteiger partial charge on any atom is 0.330 e. The van der Waals surface area contributed by atoms with Crippen molar-refractivity contribution in [3.05, 3.63) is 20.8 Å². The van der Waals surface area contributed by atoms with Gasteiger partial charge in [0.25, 0.3) is 5.56 Å². The minimum absolute atomic E-state index is 0.134. The van der Waals surface area contributed by atoms with E-state index in [1.165, 1.54) is 9.47 Å². The van der Waals surface area contributed by atoms with E-state index in [-0.39, 0.29) is 11.5 Å². The molecule has 0 radical (unpaired) electrons. The van der Waals surface area contributed by atoms with Gasteiger partial charge in [0.1, 0.15) is 11.5 Å². The van der Waals surface area contributed by atoms with Crippen LogP contribution in [-0.2, 0) is 6.54 Å². The van der Waals surface area contributed by atoms with Gasteiger partial charge in [0.05, 0.1) is 0 Å². The summed E-state index contributed by atoms with van der Waals surface area (Å²) in [5.41, 5.74) is 5.13. The van der Waals surface area contributed by atoms with Crippen molar-refractivity contribution in [2.45, 2.75) is 33.2 Å². The molecule has 0 aromatic carbocycles. The lowest BCUT2D eigenvalue weighted by atomic mass is 10.3. The van der Waals surface area contributed by atoms with Gasteiger partial charge in [0.2, 0.25) is 0 Å². The van der Waals surface area contributed by atoms with Crippen LogP contribution in [-0.4, -0.2) is 28.3 Å². The summed E-state index contributed by atoms with van der Waals surface area (Å²) in [5.74, 6) is 0.134. The van der Waals surface area contributed by atoms with Gasteiger partial charge in [-0.1, -0.05) is 13.3 Å². The van der Waals surface area contributed by atoms with Crippen molar-refractivity contribution >= 4 is 28.8 Å². The van der Waals surface area contributed by atoms with Crippen molar-refractivity contribution in [2.75, 3.05) is 24.2 Å². The van der Waals surface area contributed by atoms with Crippen LogP contribution in [0.25, 0.3) is 0 Å². The summed E-state index contributed by atoms with van der Waals surface area (Å²) in [6, 6.07) is 0. The zero-order chi connectivity index (χ0) is 15.3. The van der Waals surface area contributed by atoms with Gasteiger partial charge in [-0.2, -0.15) is 0 Å². The molecule has 1 aromatic heterocycles. The smallest absolute Gasteiger partial charge is 0.330 e. The number of unbranched alkanes of at least 4 members (excludes halogenated alkanes) is 1. The standard InChI is InChI=1S/C12H21N5O2S/c1-4-6-7-17-9(13)8(10(18)15-11(17)19)16(3)12(20)14-5-2/h4-7,13H2,1-3H3,(H,14,20)(H,15,18,19). The molecular formula is C12H21N5O2S. The Morgan fingerprint density at radius 2 is 2.10 bits per heavy atom. The van der Waals surface area contributed by atoms with Crippen molar-refractivity contribution in [3.8, 4) is 0 Å². The first-order valence-electron chi connectivity index (χ1n) is 6.58. The molecule has 7 nitrogen and oxygen atoms in total. The number of aromatic amines is 1. The van der Waals surface area contributed by atoms with E-state index < -0.39 is 11.2 Å². The molecule has 0 saturated carbocycles. The minimum atomic E-state index is -0.539. The highest BCUT2D eigenvalue weighted by Crippen LogP contribution is 2.15. The summed E-state index contributed by atoms with van der Waals surface area (Å²) in [6.45, 7) is 5.01. The van der Waals surface area contributed by atoms with E-state index in [4.69, 9.17) is 18.0 Å². The second kappa shape index (κ2) is 7.09. The number of aromatic nitrogens is 2. The third-order valence-electron chi connectivity index (χ3n) is 2.92. The zero-order valence-electron chi connectivity index (χ0n) is 12.0. The minimum Gasteiger partial charge on any atom is -0.383 e. The summed E-state index contributed by atoms with van der Waals surface area (Å²) >= 11 is 5.16. The molecule has 20 heavy (non-hydrogen) atoms. The monoisotopic (exact) mass is 299 g/mol. The number of thiocarbonyl (C=S) groups is 1. The number of nitrogens with two attached hydrogens (primary N) is 1. The largest absolute Gasteiger partial charge is 0.383 e. The van der Waals surface area contributed by atoms with Crippen LogP contribution in [0.1, 0.15) is 26.7 Å². The predicted molar refractivity (Wildman–Crippen MR) is 85.3 cm³/mol. The second-order valence-electron chi connectivity index (χ2n) is 4.39. The van der Waals surface area contributed by atoms with Gasteiger partial charge >= 0.3 is 5.69 Å². The molecule has 112 valence electrons. The molecule has 4 N–H and O–H groups in total. The number of rotatable bonds is 5. The summed E-state index contributed by atoms with van der Waals surface area (Å²) < 4.78 is 1.37. The number of hydrogen-bond donors (Lipinski definition) is 3. The van der Waals surface area contributed by atoms with Crippen molar-refractivity contribution in [1.29, 1.82) is 0 Å². The molecule has 0 bridgehead atoms. The fourth-order valence-electron chi connectivity index (χ4n) is 1.81. The van der Waals surface area contributed by atoms with E-state index in [1.54, 1.807) is 7.05 Å². The van der Waals surface area contributed by atoms with Crippen LogP contribution in [0.4, 0.5) is 11.5 Å². The predicted octanol–water partition coefficient (Wildman–Crippen LogP) is 0.250. The summed E-state index contributed by atoms with van der Waals surface area (Å²) in [6.07, 6.45) is 1.73. The van der Waals surface area contributed by atoms with Gasteiger partial charge in [0, 0.05) is 20.1 Å². The van der Waals surface area contributed by atoms with Gasteiger partial charge in [-0.05, 0) is 25.6 Å². The molecule has 8 heteroatoms. The lowest BCUT2D eigenvalue weighted by Crippen LogP contribution is -2.43. The fourth-order valence-corrected chi connectivity index (χ4v) is 2.05. The first kappa shape index (κ1) is 16.2. The van der Waals surface area contributed by atoms with Crippen LogP contribution < -0.4 is 27.2 Å². The molecular weight excluding hydrogens is 278 g/mol. The highest BCUT2D eigenvalue weighted by Gasteiger charge is 2.18. The SMILES string of the molecule is CCCCn1c(N)c(N(C)C(=S)NCC)c(=O)[nH]c1=O. The van der Waals surface area contributed by atoms with Crippen LogP contribution in [0.15, 0.2) is 9.59 Å². The molecule has 0 spiro atoms.